The van der Waals surface area contributed by atoms with Crippen molar-refractivity contribution in [1.29, 1.82) is 0 Å². The molecule has 0 aromatic heterocycles. The molecular formula is C10H20F3N. The Hall–Kier alpha value is -0.250. The molecule has 1 unspecified atom stereocenters. The lowest BCUT2D eigenvalue weighted by Crippen LogP contribution is -2.24. The van der Waals surface area contributed by atoms with E-state index in [1.807, 2.05) is 0 Å². The van der Waals surface area contributed by atoms with Crippen molar-refractivity contribution in [3.8, 4) is 0 Å². The quantitative estimate of drug-likeness (QED) is 0.757. The second-order valence-corrected chi connectivity index (χ2v) is 5.01. The fourth-order valence-corrected chi connectivity index (χ4v) is 1.11. The molecular weight excluding hydrogens is 191 g/mol. The Labute approximate surface area is 83.9 Å². The molecule has 0 amide bonds. The van der Waals surface area contributed by atoms with Crippen LogP contribution in [0.5, 0.6) is 0 Å². The van der Waals surface area contributed by atoms with Crippen molar-refractivity contribution in [2.75, 3.05) is 0 Å². The molecule has 0 aliphatic carbocycles. The normalized spacial score (nSPS) is 15.6. The van der Waals surface area contributed by atoms with Crippen molar-refractivity contribution >= 4 is 0 Å². The maximum absolute atomic E-state index is 11.8. The van der Waals surface area contributed by atoms with E-state index in [2.05, 4.69) is 20.8 Å². The number of nitrogens with two attached hydrogens (primary N) is 1. The van der Waals surface area contributed by atoms with E-state index in [-0.39, 0.29) is 17.9 Å². The van der Waals surface area contributed by atoms with Crippen LogP contribution in [-0.4, -0.2) is 12.2 Å². The van der Waals surface area contributed by atoms with Crippen molar-refractivity contribution in [1.82, 2.24) is 0 Å². The van der Waals surface area contributed by atoms with Gasteiger partial charge in [-0.25, -0.2) is 0 Å². The predicted molar refractivity (Wildman–Crippen MR) is 52.0 cm³/mol. The second kappa shape index (κ2) is 5.01. The molecule has 0 aromatic rings. The van der Waals surface area contributed by atoms with Crippen molar-refractivity contribution in [2.45, 2.75) is 58.7 Å². The predicted octanol–water partition coefficient (Wildman–Crippen LogP) is 3.48. The van der Waals surface area contributed by atoms with E-state index < -0.39 is 12.6 Å². The maximum Gasteiger partial charge on any atom is 0.389 e. The summed E-state index contributed by atoms with van der Waals surface area (Å²) in [4.78, 5) is 0. The van der Waals surface area contributed by atoms with E-state index in [1.165, 1.54) is 0 Å². The van der Waals surface area contributed by atoms with Gasteiger partial charge in [0.15, 0.2) is 0 Å². The van der Waals surface area contributed by atoms with Gasteiger partial charge in [-0.15, -0.1) is 0 Å². The van der Waals surface area contributed by atoms with Gasteiger partial charge in [-0.3, -0.25) is 0 Å². The van der Waals surface area contributed by atoms with Crippen LogP contribution < -0.4 is 5.73 Å². The van der Waals surface area contributed by atoms with Gasteiger partial charge < -0.3 is 5.73 Å². The van der Waals surface area contributed by atoms with Crippen molar-refractivity contribution in [3.63, 3.8) is 0 Å². The number of hydrogen-bond acceptors (Lipinski definition) is 1. The van der Waals surface area contributed by atoms with Crippen LogP contribution >= 0.6 is 0 Å². The SMILES string of the molecule is CC(C)(C)CCC(N)CCC(F)(F)F. The molecule has 0 aliphatic heterocycles. The maximum atomic E-state index is 11.8. The monoisotopic (exact) mass is 211 g/mol. The highest BCUT2D eigenvalue weighted by Crippen LogP contribution is 2.25. The third-order valence-electron chi connectivity index (χ3n) is 2.06. The first-order chi connectivity index (χ1) is 6.10. The van der Waals surface area contributed by atoms with Crippen LogP contribution in [0, 0.1) is 5.41 Å². The van der Waals surface area contributed by atoms with E-state index in [9.17, 15) is 13.2 Å². The van der Waals surface area contributed by atoms with Crippen LogP contribution in [-0.2, 0) is 0 Å². The van der Waals surface area contributed by atoms with Gasteiger partial charge in [-0.2, -0.15) is 13.2 Å². The zero-order valence-electron chi connectivity index (χ0n) is 9.12. The zero-order chi connectivity index (χ0) is 11.4. The summed E-state index contributed by atoms with van der Waals surface area (Å²) in [5, 5.41) is 0. The summed E-state index contributed by atoms with van der Waals surface area (Å²) in [5.41, 5.74) is 5.74. The second-order valence-electron chi connectivity index (χ2n) is 5.01. The van der Waals surface area contributed by atoms with E-state index in [1.54, 1.807) is 0 Å². The highest BCUT2D eigenvalue weighted by molar-refractivity contribution is 4.69. The summed E-state index contributed by atoms with van der Waals surface area (Å²) in [6.07, 6.45) is -3.26. The van der Waals surface area contributed by atoms with E-state index in [0.717, 1.165) is 6.42 Å². The molecule has 0 aromatic carbocycles. The van der Waals surface area contributed by atoms with Gasteiger partial charge >= 0.3 is 6.18 Å². The third-order valence-corrected chi connectivity index (χ3v) is 2.06. The minimum atomic E-state index is -4.07. The first-order valence-electron chi connectivity index (χ1n) is 4.92. The Balaban J connectivity index is 3.62. The topological polar surface area (TPSA) is 26.0 Å². The fraction of sp³-hybridized carbons (Fsp3) is 1.00. The Morgan fingerprint density at radius 1 is 1.00 bits per heavy atom. The number of hydrogen-bond donors (Lipinski definition) is 1. The average molecular weight is 211 g/mol. The minimum absolute atomic E-state index is 0.0413. The van der Waals surface area contributed by atoms with Gasteiger partial charge in [-0.05, 0) is 24.7 Å². The average Bonchev–Trinajstić information content (AvgIpc) is 1.94. The first kappa shape index (κ1) is 13.8. The molecule has 0 radical (unpaired) electrons. The van der Waals surface area contributed by atoms with E-state index in [4.69, 9.17) is 5.73 Å². The molecule has 0 rings (SSSR count). The molecule has 4 heteroatoms. The van der Waals surface area contributed by atoms with Crippen LogP contribution in [0.1, 0.15) is 46.5 Å². The molecule has 86 valence electrons. The van der Waals surface area contributed by atoms with Crippen LogP contribution in [0.3, 0.4) is 0 Å². The van der Waals surface area contributed by atoms with E-state index >= 15 is 0 Å². The fourth-order valence-electron chi connectivity index (χ4n) is 1.11. The molecule has 0 saturated heterocycles. The lowest BCUT2D eigenvalue weighted by Gasteiger charge is -2.21. The summed E-state index contributed by atoms with van der Waals surface area (Å²) in [5.74, 6) is 0. The van der Waals surface area contributed by atoms with Crippen LogP contribution in [0.15, 0.2) is 0 Å². The Bertz CT molecular complexity index is 140. The van der Waals surface area contributed by atoms with Gasteiger partial charge in [0.05, 0.1) is 0 Å². The highest BCUT2D eigenvalue weighted by Gasteiger charge is 2.27. The summed E-state index contributed by atoms with van der Waals surface area (Å²) in [7, 11) is 0. The standard InChI is InChI=1S/C10H20F3N/c1-9(2,3)6-4-8(14)5-7-10(11,12)13/h8H,4-7,14H2,1-3H3. The Morgan fingerprint density at radius 2 is 1.43 bits per heavy atom. The molecule has 0 saturated carbocycles. The largest absolute Gasteiger partial charge is 0.389 e. The molecule has 0 heterocycles. The van der Waals surface area contributed by atoms with Crippen LogP contribution in [0.25, 0.3) is 0 Å². The number of halogens is 3. The first-order valence-corrected chi connectivity index (χ1v) is 4.92. The molecule has 0 bridgehead atoms. The van der Waals surface area contributed by atoms with Gasteiger partial charge in [0.2, 0.25) is 0 Å². The smallest absolute Gasteiger partial charge is 0.328 e. The summed E-state index contributed by atoms with van der Waals surface area (Å²) >= 11 is 0. The molecule has 2 N–H and O–H groups in total. The number of alkyl halides is 3. The minimum Gasteiger partial charge on any atom is -0.328 e. The lowest BCUT2D eigenvalue weighted by molar-refractivity contribution is -0.136. The highest BCUT2D eigenvalue weighted by atomic mass is 19.4. The molecule has 14 heavy (non-hydrogen) atoms. The third kappa shape index (κ3) is 9.84. The van der Waals surface area contributed by atoms with Crippen molar-refractivity contribution < 1.29 is 13.2 Å². The van der Waals surface area contributed by atoms with Crippen molar-refractivity contribution in [3.05, 3.63) is 0 Å². The molecule has 1 atom stereocenters. The lowest BCUT2D eigenvalue weighted by atomic mass is 9.88. The Kier molecular flexibility index (Phi) is 4.92. The summed E-state index contributed by atoms with van der Waals surface area (Å²) in [6, 6.07) is -0.323. The van der Waals surface area contributed by atoms with Gasteiger partial charge in [-0.1, -0.05) is 20.8 Å². The molecule has 0 spiro atoms. The number of rotatable bonds is 4. The zero-order valence-corrected chi connectivity index (χ0v) is 9.12. The summed E-state index contributed by atoms with van der Waals surface area (Å²) in [6.45, 7) is 6.18. The molecule has 0 fully saturated rings. The van der Waals surface area contributed by atoms with Crippen LogP contribution in [0.4, 0.5) is 13.2 Å². The Morgan fingerprint density at radius 3 is 1.79 bits per heavy atom. The van der Waals surface area contributed by atoms with E-state index in [0.29, 0.717) is 6.42 Å². The van der Waals surface area contributed by atoms with Gasteiger partial charge in [0, 0.05) is 12.5 Å². The van der Waals surface area contributed by atoms with Crippen LogP contribution in [0.2, 0.25) is 0 Å². The van der Waals surface area contributed by atoms with Gasteiger partial charge in [0.25, 0.3) is 0 Å². The van der Waals surface area contributed by atoms with Gasteiger partial charge in [0.1, 0.15) is 0 Å². The van der Waals surface area contributed by atoms with Crippen molar-refractivity contribution in [2.24, 2.45) is 11.1 Å². The molecule has 0 aliphatic rings. The summed E-state index contributed by atoms with van der Waals surface area (Å²) < 4.78 is 35.5. The molecule has 1 nitrogen and oxygen atoms in total.